The highest BCUT2D eigenvalue weighted by Gasteiger charge is 2.26. The first-order chi connectivity index (χ1) is 13.0. The minimum Gasteiger partial charge on any atom is -0.497 e. The second-order valence-electron chi connectivity index (χ2n) is 6.82. The van der Waals surface area contributed by atoms with Gasteiger partial charge in [0.2, 0.25) is 5.82 Å². The van der Waals surface area contributed by atoms with Crippen molar-refractivity contribution in [2.24, 2.45) is 0 Å². The van der Waals surface area contributed by atoms with Crippen molar-refractivity contribution < 1.29 is 9.53 Å². The van der Waals surface area contributed by atoms with Crippen molar-refractivity contribution in [3.8, 4) is 5.75 Å². The fraction of sp³-hybridized carbons (Fsp3) is 0.450. The summed E-state index contributed by atoms with van der Waals surface area (Å²) in [5.41, 5.74) is 3.09. The van der Waals surface area contributed by atoms with Gasteiger partial charge in [-0.05, 0) is 38.0 Å². The van der Waals surface area contributed by atoms with Gasteiger partial charge in [0.15, 0.2) is 0 Å². The van der Waals surface area contributed by atoms with E-state index in [1.165, 1.54) is 5.56 Å². The van der Waals surface area contributed by atoms with Gasteiger partial charge >= 0.3 is 0 Å². The fourth-order valence-electron chi connectivity index (χ4n) is 3.26. The normalized spacial score (nSPS) is 16.4. The molecular formula is C20H27N5O2. The predicted octanol–water partition coefficient (Wildman–Crippen LogP) is 1.83. The Bertz CT molecular complexity index is 807. The van der Waals surface area contributed by atoms with E-state index in [9.17, 15) is 4.79 Å². The highest BCUT2D eigenvalue weighted by molar-refractivity contribution is 5.90. The van der Waals surface area contributed by atoms with Crippen molar-refractivity contribution in [3.63, 3.8) is 0 Å². The van der Waals surface area contributed by atoms with Crippen LogP contribution in [0.1, 0.15) is 33.9 Å². The Morgan fingerprint density at radius 1 is 1.26 bits per heavy atom. The Hall–Kier alpha value is -2.67. The van der Waals surface area contributed by atoms with Crippen LogP contribution in [-0.2, 0) is 6.54 Å². The van der Waals surface area contributed by atoms with Gasteiger partial charge in [0.1, 0.15) is 11.6 Å². The Morgan fingerprint density at radius 2 is 2.00 bits per heavy atom. The number of hydrogen-bond acceptors (Lipinski definition) is 6. The molecule has 1 aliphatic heterocycles. The average Bonchev–Trinajstić information content (AvgIpc) is 3.16. The lowest BCUT2D eigenvalue weighted by Crippen LogP contribution is -2.33. The lowest BCUT2D eigenvalue weighted by molar-refractivity contribution is 0.0952. The highest BCUT2D eigenvalue weighted by Crippen LogP contribution is 2.24. The van der Waals surface area contributed by atoms with Gasteiger partial charge in [-0.1, -0.05) is 12.1 Å². The van der Waals surface area contributed by atoms with Crippen LogP contribution in [0.25, 0.3) is 0 Å². The quantitative estimate of drug-likeness (QED) is 0.809. The van der Waals surface area contributed by atoms with Gasteiger partial charge in [-0.3, -0.25) is 4.79 Å². The molecule has 7 nitrogen and oxygen atoms in total. The van der Waals surface area contributed by atoms with Crippen LogP contribution in [0.4, 0.5) is 5.82 Å². The third-order valence-corrected chi connectivity index (χ3v) is 5.04. The maximum absolute atomic E-state index is 11.9. The third kappa shape index (κ3) is 4.36. The van der Waals surface area contributed by atoms with Crippen molar-refractivity contribution >= 4 is 11.7 Å². The third-order valence-electron chi connectivity index (χ3n) is 5.04. The molecule has 0 radical (unpaired) electrons. The lowest BCUT2D eigenvalue weighted by Gasteiger charge is -2.21. The standard InChI is InChI=1S/C20H27N5O2/c1-13-14(2)23-18(20(26)21-3)24-19(13)25-10-9-16(12-25)22-11-15-5-7-17(27-4)8-6-15/h5-8,16,22H,9-12H2,1-4H3,(H,21,26)/t16-/m1/s1. The van der Waals surface area contributed by atoms with Gasteiger partial charge < -0.3 is 20.3 Å². The van der Waals surface area contributed by atoms with E-state index in [4.69, 9.17) is 4.74 Å². The van der Waals surface area contributed by atoms with E-state index in [1.807, 2.05) is 26.0 Å². The minimum absolute atomic E-state index is 0.227. The molecule has 2 N–H and O–H groups in total. The van der Waals surface area contributed by atoms with E-state index < -0.39 is 0 Å². The molecule has 1 saturated heterocycles. The molecule has 0 spiro atoms. The number of aryl methyl sites for hydroxylation is 1. The molecule has 7 heteroatoms. The summed E-state index contributed by atoms with van der Waals surface area (Å²) in [6, 6.07) is 8.49. The van der Waals surface area contributed by atoms with Crippen LogP contribution in [0.15, 0.2) is 24.3 Å². The number of anilines is 1. The van der Waals surface area contributed by atoms with Crippen LogP contribution in [-0.4, -0.2) is 49.2 Å². The Morgan fingerprint density at radius 3 is 2.67 bits per heavy atom. The van der Waals surface area contributed by atoms with Gasteiger partial charge in [0.05, 0.1) is 7.11 Å². The number of rotatable bonds is 6. The number of aromatic nitrogens is 2. The minimum atomic E-state index is -0.257. The van der Waals surface area contributed by atoms with Gasteiger partial charge in [0.25, 0.3) is 5.91 Å². The molecule has 0 saturated carbocycles. The van der Waals surface area contributed by atoms with Crippen LogP contribution in [0.2, 0.25) is 0 Å². The summed E-state index contributed by atoms with van der Waals surface area (Å²) in [4.78, 5) is 23.0. The maximum atomic E-state index is 11.9. The van der Waals surface area contributed by atoms with Gasteiger partial charge in [-0.25, -0.2) is 9.97 Å². The zero-order chi connectivity index (χ0) is 19.4. The smallest absolute Gasteiger partial charge is 0.288 e. The van der Waals surface area contributed by atoms with Crippen molar-refractivity contribution in [2.45, 2.75) is 32.9 Å². The predicted molar refractivity (Wildman–Crippen MR) is 105 cm³/mol. The number of methoxy groups -OCH3 is 1. The summed E-state index contributed by atoms with van der Waals surface area (Å²) in [5, 5.41) is 6.21. The molecule has 3 rings (SSSR count). The molecule has 1 aromatic carbocycles. The second-order valence-corrected chi connectivity index (χ2v) is 6.82. The molecular weight excluding hydrogens is 342 g/mol. The number of amides is 1. The van der Waals surface area contributed by atoms with Crippen molar-refractivity contribution in [2.75, 3.05) is 32.1 Å². The number of nitrogens with zero attached hydrogens (tertiary/aromatic N) is 3. The highest BCUT2D eigenvalue weighted by atomic mass is 16.5. The van der Waals surface area contributed by atoms with Crippen LogP contribution < -0.4 is 20.3 Å². The summed E-state index contributed by atoms with van der Waals surface area (Å²) in [6.07, 6.45) is 1.04. The van der Waals surface area contributed by atoms with E-state index in [1.54, 1.807) is 14.2 Å². The summed E-state index contributed by atoms with van der Waals surface area (Å²) in [6.45, 7) is 6.51. The Kier molecular flexibility index (Phi) is 5.91. The van der Waals surface area contributed by atoms with Crippen molar-refractivity contribution in [1.29, 1.82) is 0 Å². The maximum Gasteiger partial charge on any atom is 0.288 e. The number of hydrogen-bond donors (Lipinski definition) is 2. The van der Waals surface area contributed by atoms with E-state index in [0.29, 0.717) is 6.04 Å². The van der Waals surface area contributed by atoms with Gasteiger partial charge in [-0.2, -0.15) is 0 Å². The van der Waals surface area contributed by atoms with Gasteiger partial charge in [0, 0.05) is 44.0 Å². The first-order valence-electron chi connectivity index (χ1n) is 9.20. The molecule has 2 heterocycles. The second kappa shape index (κ2) is 8.35. The average molecular weight is 369 g/mol. The molecule has 0 aliphatic carbocycles. The summed E-state index contributed by atoms with van der Waals surface area (Å²) in [7, 11) is 3.27. The molecule has 1 aliphatic rings. The summed E-state index contributed by atoms with van der Waals surface area (Å²) in [5.74, 6) is 1.69. The van der Waals surface area contributed by atoms with Crippen molar-refractivity contribution in [3.05, 3.63) is 46.9 Å². The van der Waals surface area contributed by atoms with E-state index in [-0.39, 0.29) is 11.7 Å². The molecule has 27 heavy (non-hydrogen) atoms. The topological polar surface area (TPSA) is 79.4 Å². The molecule has 2 aromatic rings. The fourth-order valence-corrected chi connectivity index (χ4v) is 3.26. The monoisotopic (exact) mass is 369 g/mol. The number of carbonyl (C=O) groups is 1. The van der Waals surface area contributed by atoms with E-state index >= 15 is 0 Å². The van der Waals surface area contributed by atoms with Crippen LogP contribution in [0, 0.1) is 13.8 Å². The number of nitrogens with one attached hydrogen (secondary N) is 2. The number of ether oxygens (including phenoxy) is 1. The molecule has 1 amide bonds. The number of benzene rings is 1. The van der Waals surface area contributed by atoms with Crippen LogP contribution in [0.3, 0.4) is 0 Å². The Balaban J connectivity index is 1.65. The largest absolute Gasteiger partial charge is 0.497 e. The molecule has 1 atom stereocenters. The molecule has 1 fully saturated rings. The van der Waals surface area contributed by atoms with E-state index in [2.05, 4.69) is 37.6 Å². The first kappa shape index (κ1) is 19.1. The van der Waals surface area contributed by atoms with E-state index in [0.717, 1.165) is 48.9 Å². The van der Waals surface area contributed by atoms with Gasteiger partial charge in [-0.15, -0.1) is 0 Å². The van der Waals surface area contributed by atoms with Crippen molar-refractivity contribution in [1.82, 2.24) is 20.6 Å². The molecule has 144 valence electrons. The molecule has 0 bridgehead atoms. The number of carbonyl (C=O) groups excluding carboxylic acids is 1. The zero-order valence-corrected chi connectivity index (χ0v) is 16.4. The summed E-state index contributed by atoms with van der Waals surface area (Å²) >= 11 is 0. The SMILES string of the molecule is CNC(=O)c1nc(C)c(C)c(N2CC[C@@H](NCc3ccc(OC)cc3)C2)n1. The molecule has 0 unspecified atom stereocenters. The first-order valence-corrected chi connectivity index (χ1v) is 9.20. The van der Waals surface area contributed by atoms with Crippen LogP contribution in [0.5, 0.6) is 5.75 Å². The zero-order valence-electron chi connectivity index (χ0n) is 16.4. The Labute approximate surface area is 160 Å². The van der Waals surface area contributed by atoms with Crippen LogP contribution >= 0.6 is 0 Å². The summed E-state index contributed by atoms with van der Waals surface area (Å²) < 4.78 is 5.20. The lowest BCUT2D eigenvalue weighted by atomic mass is 10.2. The molecule has 1 aromatic heterocycles.